The summed E-state index contributed by atoms with van der Waals surface area (Å²) in [4.78, 5) is 11.7. The third kappa shape index (κ3) is 5.74. The van der Waals surface area contributed by atoms with Crippen molar-refractivity contribution < 1.29 is 13.9 Å². The highest BCUT2D eigenvalue weighted by atomic mass is 35.5. The summed E-state index contributed by atoms with van der Waals surface area (Å²) in [5.41, 5.74) is 0.868. The summed E-state index contributed by atoms with van der Waals surface area (Å²) < 4.78 is 18.3. The van der Waals surface area contributed by atoms with Crippen LogP contribution in [0.2, 0.25) is 5.02 Å². The fourth-order valence-electron chi connectivity index (χ4n) is 1.84. The van der Waals surface area contributed by atoms with Gasteiger partial charge in [-0.1, -0.05) is 23.7 Å². The van der Waals surface area contributed by atoms with Gasteiger partial charge in [-0.15, -0.1) is 0 Å². The molecule has 1 N–H and O–H groups in total. The van der Waals surface area contributed by atoms with E-state index in [1.807, 2.05) is 0 Å². The Labute approximate surface area is 134 Å². The first-order valence-electron chi connectivity index (χ1n) is 7.03. The Morgan fingerprint density at radius 3 is 2.45 bits per heavy atom. The molecule has 0 heterocycles. The van der Waals surface area contributed by atoms with E-state index in [0.717, 1.165) is 11.3 Å². The highest BCUT2D eigenvalue weighted by Crippen LogP contribution is 2.15. The zero-order valence-electron chi connectivity index (χ0n) is 12.0. The first-order valence-corrected chi connectivity index (χ1v) is 7.41. The molecule has 0 aliphatic carbocycles. The molecule has 0 spiro atoms. The van der Waals surface area contributed by atoms with Crippen molar-refractivity contribution in [2.24, 2.45) is 0 Å². The summed E-state index contributed by atoms with van der Waals surface area (Å²) in [6.07, 6.45) is 1.01. The van der Waals surface area contributed by atoms with Crippen molar-refractivity contribution in [2.75, 3.05) is 6.61 Å². The van der Waals surface area contributed by atoms with Crippen LogP contribution >= 0.6 is 11.6 Å². The van der Waals surface area contributed by atoms with Crippen LogP contribution in [0.4, 0.5) is 4.39 Å². The Kier molecular flexibility index (Phi) is 6.22. The lowest BCUT2D eigenvalue weighted by molar-refractivity contribution is -0.121. The molecular weight excluding hydrogens is 305 g/mol. The van der Waals surface area contributed by atoms with Crippen LogP contribution in [0.25, 0.3) is 0 Å². The zero-order chi connectivity index (χ0) is 15.8. The second-order valence-corrected chi connectivity index (χ2v) is 5.25. The van der Waals surface area contributed by atoms with Crippen molar-refractivity contribution >= 4 is 17.5 Å². The van der Waals surface area contributed by atoms with E-state index in [1.165, 1.54) is 12.1 Å². The fourth-order valence-corrected chi connectivity index (χ4v) is 1.97. The van der Waals surface area contributed by atoms with Crippen LogP contribution in [-0.2, 0) is 11.3 Å². The number of hydrogen-bond donors (Lipinski definition) is 1. The third-order valence-corrected chi connectivity index (χ3v) is 3.29. The van der Waals surface area contributed by atoms with Crippen LogP contribution in [0.1, 0.15) is 18.4 Å². The maximum Gasteiger partial charge on any atom is 0.220 e. The fraction of sp³-hybridized carbons (Fsp3) is 0.235. The van der Waals surface area contributed by atoms with Gasteiger partial charge in [0.25, 0.3) is 0 Å². The highest BCUT2D eigenvalue weighted by Gasteiger charge is 2.02. The van der Waals surface area contributed by atoms with Crippen LogP contribution in [-0.4, -0.2) is 12.5 Å². The van der Waals surface area contributed by atoms with E-state index in [9.17, 15) is 9.18 Å². The smallest absolute Gasteiger partial charge is 0.220 e. The molecule has 0 atom stereocenters. The number of nitrogens with one attached hydrogen (secondary N) is 1. The molecule has 0 bridgehead atoms. The summed E-state index contributed by atoms with van der Waals surface area (Å²) in [5, 5.41) is 3.45. The number of hydrogen-bond acceptors (Lipinski definition) is 2. The second kappa shape index (κ2) is 8.39. The minimum Gasteiger partial charge on any atom is -0.494 e. The van der Waals surface area contributed by atoms with E-state index < -0.39 is 0 Å². The molecule has 116 valence electrons. The first-order chi connectivity index (χ1) is 10.6. The van der Waals surface area contributed by atoms with Crippen molar-refractivity contribution in [2.45, 2.75) is 19.4 Å². The van der Waals surface area contributed by atoms with E-state index in [1.54, 1.807) is 36.4 Å². The van der Waals surface area contributed by atoms with Gasteiger partial charge < -0.3 is 10.1 Å². The molecule has 0 unspecified atom stereocenters. The third-order valence-electron chi connectivity index (χ3n) is 3.03. The minimum absolute atomic E-state index is 0.0518. The number of halogens is 2. The van der Waals surface area contributed by atoms with E-state index >= 15 is 0 Å². The van der Waals surface area contributed by atoms with Gasteiger partial charge in [0.15, 0.2) is 0 Å². The monoisotopic (exact) mass is 321 g/mol. The quantitative estimate of drug-likeness (QED) is 0.784. The summed E-state index contributed by atoms with van der Waals surface area (Å²) in [5.74, 6) is 0.398. The van der Waals surface area contributed by atoms with E-state index in [4.69, 9.17) is 16.3 Å². The topological polar surface area (TPSA) is 38.3 Å². The number of rotatable bonds is 7. The number of ether oxygens (including phenoxy) is 1. The SMILES string of the molecule is O=C(CCCOc1ccc(Cl)cc1)NCc1ccc(F)cc1. The van der Waals surface area contributed by atoms with E-state index in [-0.39, 0.29) is 11.7 Å². The second-order valence-electron chi connectivity index (χ2n) is 4.81. The average Bonchev–Trinajstić information content (AvgIpc) is 2.53. The van der Waals surface area contributed by atoms with Gasteiger partial charge in [0.1, 0.15) is 11.6 Å². The van der Waals surface area contributed by atoms with Gasteiger partial charge in [0, 0.05) is 18.0 Å². The molecule has 0 aliphatic rings. The summed E-state index contributed by atoms with van der Waals surface area (Å²) in [6, 6.07) is 13.1. The summed E-state index contributed by atoms with van der Waals surface area (Å²) >= 11 is 5.78. The molecule has 0 aromatic heterocycles. The molecule has 0 aliphatic heterocycles. The van der Waals surface area contributed by atoms with Crippen molar-refractivity contribution in [1.82, 2.24) is 5.32 Å². The minimum atomic E-state index is -0.283. The maximum absolute atomic E-state index is 12.7. The molecule has 22 heavy (non-hydrogen) atoms. The lowest BCUT2D eigenvalue weighted by atomic mass is 10.2. The molecule has 5 heteroatoms. The van der Waals surface area contributed by atoms with Crippen LogP contribution in [0, 0.1) is 5.82 Å². The average molecular weight is 322 g/mol. The zero-order valence-corrected chi connectivity index (χ0v) is 12.8. The first kappa shape index (κ1) is 16.3. The molecule has 1 amide bonds. The molecule has 3 nitrogen and oxygen atoms in total. The van der Waals surface area contributed by atoms with Crippen molar-refractivity contribution in [3.8, 4) is 5.75 Å². The van der Waals surface area contributed by atoms with Crippen LogP contribution < -0.4 is 10.1 Å². The predicted octanol–water partition coefficient (Wildman–Crippen LogP) is 3.95. The van der Waals surface area contributed by atoms with E-state index in [0.29, 0.717) is 31.0 Å². The van der Waals surface area contributed by atoms with Crippen LogP contribution in [0.15, 0.2) is 48.5 Å². The Hall–Kier alpha value is -2.07. The van der Waals surface area contributed by atoms with Gasteiger partial charge in [-0.3, -0.25) is 4.79 Å². The number of benzene rings is 2. The summed E-state index contributed by atoms with van der Waals surface area (Å²) in [7, 11) is 0. The molecule has 0 saturated carbocycles. The Morgan fingerprint density at radius 1 is 1.09 bits per heavy atom. The molecular formula is C17H17ClFNO2. The Morgan fingerprint density at radius 2 is 1.77 bits per heavy atom. The normalized spacial score (nSPS) is 10.3. The van der Waals surface area contributed by atoms with Gasteiger partial charge in [-0.2, -0.15) is 0 Å². The highest BCUT2D eigenvalue weighted by molar-refractivity contribution is 6.30. The van der Waals surface area contributed by atoms with Gasteiger partial charge in [0.2, 0.25) is 5.91 Å². The van der Waals surface area contributed by atoms with Crippen molar-refractivity contribution in [1.29, 1.82) is 0 Å². The van der Waals surface area contributed by atoms with Crippen molar-refractivity contribution in [3.05, 3.63) is 64.9 Å². The molecule has 0 radical (unpaired) electrons. The Bertz CT molecular complexity index is 599. The molecule has 2 aromatic carbocycles. The van der Waals surface area contributed by atoms with Crippen molar-refractivity contribution in [3.63, 3.8) is 0 Å². The van der Waals surface area contributed by atoms with Crippen LogP contribution in [0.5, 0.6) is 5.75 Å². The van der Waals surface area contributed by atoms with E-state index in [2.05, 4.69) is 5.32 Å². The number of amides is 1. The largest absolute Gasteiger partial charge is 0.494 e. The number of carbonyl (C=O) groups is 1. The lowest BCUT2D eigenvalue weighted by Gasteiger charge is -2.07. The summed E-state index contributed by atoms with van der Waals surface area (Å²) in [6.45, 7) is 0.864. The molecule has 2 rings (SSSR count). The predicted molar refractivity (Wildman–Crippen MR) is 84.4 cm³/mol. The van der Waals surface area contributed by atoms with Crippen LogP contribution in [0.3, 0.4) is 0 Å². The standard InChI is InChI=1S/C17H17ClFNO2/c18-14-5-9-16(10-6-14)22-11-1-2-17(21)20-12-13-3-7-15(19)8-4-13/h3-10H,1-2,11-12H2,(H,20,21). The lowest BCUT2D eigenvalue weighted by Crippen LogP contribution is -2.22. The molecule has 2 aromatic rings. The maximum atomic E-state index is 12.7. The van der Waals surface area contributed by atoms with Gasteiger partial charge in [-0.25, -0.2) is 4.39 Å². The van der Waals surface area contributed by atoms with Gasteiger partial charge in [-0.05, 0) is 48.4 Å². The Balaban J connectivity index is 1.61. The van der Waals surface area contributed by atoms with Gasteiger partial charge in [0.05, 0.1) is 6.61 Å². The molecule has 0 saturated heterocycles. The van der Waals surface area contributed by atoms with Gasteiger partial charge >= 0.3 is 0 Å². The number of carbonyl (C=O) groups excluding carboxylic acids is 1. The molecule has 0 fully saturated rings.